The van der Waals surface area contributed by atoms with E-state index in [1.807, 2.05) is 0 Å². The maximum atomic E-state index is 11.0. The predicted octanol–water partition coefficient (Wildman–Crippen LogP) is -0.234. The maximum absolute atomic E-state index is 11.0. The molecule has 0 radical (unpaired) electrons. The average Bonchev–Trinajstić information content (AvgIpc) is 2.23. The number of aliphatic carboxylic acids is 1. The van der Waals surface area contributed by atoms with E-state index in [0.29, 0.717) is 6.32 Å². The zero-order valence-corrected chi connectivity index (χ0v) is 8.43. The minimum Gasteiger partial charge on any atom is -0.481 e. The smallest absolute Gasteiger partial charge is 0.312 e. The number of hydrogen-bond donors (Lipinski definition) is 3. The largest absolute Gasteiger partial charge is 0.481 e. The fourth-order valence-electron chi connectivity index (χ4n) is 2.11. The van der Waals surface area contributed by atoms with Crippen molar-refractivity contribution >= 4 is 12.9 Å². The van der Waals surface area contributed by atoms with Crippen molar-refractivity contribution < 1.29 is 19.7 Å². The van der Waals surface area contributed by atoms with E-state index in [-0.39, 0.29) is 6.73 Å². The summed E-state index contributed by atoms with van der Waals surface area (Å²) in [5.41, 5.74) is 4.55. The highest BCUT2D eigenvalue weighted by atomic mass is 16.4. The SMILES string of the molecule is CC1(C)C(O)CB(OCN)[C@@H]1C(=O)O. The summed E-state index contributed by atoms with van der Waals surface area (Å²) in [6.45, 7) is 2.96. The molecule has 0 aromatic rings. The third-order valence-electron chi connectivity index (χ3n) is 3.06. The zero-order chi connectivity index (χ0) is 10.9. The molecule has 1 aliphatic heterocycles. The van der Waals surface area contributed by atoms with Crippen molar-refractivity contribution in [1.82, 2.24) is 0 Å². The summed E-state index contributed by atoms with van der Waals surface area (Å²) < 4.78 is 5.12. The number of hydrogen-bond acceptors (Lipinski definition) is 4. The van der Waals surface area contributed by atoms with E-state index in [4.69, 9.17) is 15.5 Å². The third kappa shape index (κ3) is 1.77. The van der Waals surface area contributed by atoms with Crippen molar-refractivity contribution in [2.24, 2.45) is 11.1 Å². The fourth-order valence-corrected chi connectivity index (χ4v) is 2.11. The van der Waals surface area contributed by atoms with E-state index < -0.39 is 30.2 Å². The van der Waals surface area contributed by atoms with Gasteiger partial charge in [-0.25, -0.2) is 0 Å². The Hall–Kier alpha value is -0.585. The first kappa shape index (κ1) is 11.5. The van der Waals surface area contributed by atoms with Crippen LogP contribution in [0, 0.1) is 5.41 Å². The number of rotatable bonds is 3. The van der Waals surface area contributed by atoms with Crippen LogP contribution in [0.2, 0.25) is 12.1 Å². The first-order valence-corrected chi connectivity index (χ1v) is 4.63. The second-order valence-corrected chi connectivity index (χ2v) is 4.26. The van der Waals surface area contributed by atoms with Gasteiger partial charge >= 0.3 is 12.9 Å². The monoisotopic (exact) mass is 201 g/mol. The van der Waals surface area contributed by atoms with Gasteiger partial charge in [-0.2, -0.15) is 0 Å². The molecule has 0 spiro atoms. The molecule has 1 fully saturated rings. The standard InChI is InChI=1S/C8H16BNO4/c1-8(2)5(11)3-9(14-4-10)6(8)7(12)13/h5-6,11H,3-4,10H2,1-2H3,(H,12,13)/t5?,6-/m1/s1. The molecule has 6 heteroatoms. The van der Waals surface area contributed by atoms with E-state index in [1.165, 1.54) is 0 Å². The molecule has 1 rings (SSSR count). The molecule has 1 unspecified atom stereocenters. The normalized spacial score (nSPS) is 30.7. The predicted molar refractivity (Wildman–Crippen MR) is 51.9 cm³/mol. The summed E-state index contributed by atoms with van der Waals surface area (Å²) >= 11 is 0. The molecule has 0 aromatic heterocycles. The molecule has 4 N–H and O–H groups in total. The van der Waals surface area contributed by atoms with Crippen LogP contribution in [0.5, 0.6) is 0 Å². The van der Waals surface area contributed by atoms with Gasteiger partial charge in [0.1, 0.15) is 0 Å². The van der Waals surface area contributed by atoms with Crippen LogP contribution in [0.3, 0.4) is 0 Å². The van der Waals surface area contributed by atoms with Gasteiger partial charge in [0, 0.05) is 0 Å². The molecule has 2 atom stereocenters. The van der Waals surface area contributed by atoms with Crippen LogP contribution >= 0.6 is 0 Å². The molecule has 0 aliphatic carbocycles. The molecule has 1 saturated heterocycles. The second-order valence-electron chi connectivity index (χ2n) is 4.26. The third-order valence-corrected chi connectivity index (χ3v) is 3.06. The Kier molecular flexibility index (Phi) is 3.19. The number of nitrogens with two attached hydrogens (primary N) is 1. The van der Waals surface area contributed by atoms with Crippen LogP contribution in [0.25, 0.3) is 0 Å². The van der Waals surface area contributed by atoms with Crippen LogP contribution in [0.15, 0.2) is 0 Å². The van der Waals surface area contributed by atoms with Crippen molar-refractivity contribution in [3.8, 4) is 0 Å². The minimum atomic E-state index is -0.940. The molecule has 14 heavy (non-hydrogen) atoms. The van der Waals surface area contributed by atoms with E-state index in [0.717, 1.165) is 0 Å². The van der Waals surface area contributed by atoms with Gasteiger partial charge in [0.05, 0.1) is 18.7 Å². The van der Waals surface area contributed by atoms with E-state index >= 15 is 0 Å². The Bertz CT molecular complexity index is 233. The first-order chi connectivity index (χ1) is 6.41. The molecule has 0 amide bonds. The summed E-state index contributed by atoms with van der Waals surface area (Å²) in [7, 11) is 0. The van der Waals surface area contributed by atoms with Gasteiger partial charge in [0.2, 0.25) is 0 Å². The number of carbonyl (C=O) groups is 1. The zero-order valence-electron chi connectivity index (χ0n) is 8.43. The summed E-state index contributed by atoms with van der Waals surface area (Å²) in [6.07, 6.45) is -0.318. The number of aliphatic hydroxyl groups excluding tert-OH is 1. The lowest BCUT2D eigenvalue weighted by molar-refractivity contribution is -0.140. The quantitative estimate of drug-likeness (QED) is 0.433. The van der Waals surface area contributed by atoms with Crippen molar-refractivity contribution in [2.45, 2.75) is 32.1 Å². The van der Waals surface area contributed by atoms with Gasteiger partial charge < -0.3 is 20.6 Å². The minimum absolute atomic E-state index is 0.0166. The lowest BCUT2D eigenvalue weighted by Gasteiger charge is -2.28. The topological polar surface area (TPSA) is 92.8 Å². The van der Waals surface area contributed by atoms with Gasteiger partial charge in [-0.05, 0) is 11.7 Å². The Morgan fingerprint density at radius 2 is 2.29 bits per heavy atom. The lowest BCUT2D eigenvalue weighted by Crippen LogP contribution is -2.35. The molecular weight excluding hydrogens is 185 g/mol. The number of aliphatic hydroxyl groups is 1. The fraction of sp³-hybridized carbons (Fsp3) is 0.875. The Morgan fingerprint density at radius 1 is 1.71 bits per heavy atom. The van der Waals surface area contributed by atoms with Gasteiger partial charge in [0.25, 0.3) is 0 Å². The van der Waals surface area contributed by atoms with Crippen molar-refractivity contribution in [3.05, 3.63) is 0 Å². The molecule has 1 aliphatic rings. The molecular formula is C8H16BNO4. The van der Waals surface area contributed by atoms with E-state index in [2.05, 4.69) is 0 Å². The Morgan fingerprint density at radius 3 is 2.71 bits per heavy atom. The van der Waals surface area contributed by atoms with Gasteiger partial charge in [-0.15, -0.1) is 0 Å². The van der Waals surface area contributed by atoms with Crippen LogP contribution in [0.4, 0.5) is 0 Å². The average molecular weight is 201 g/mol. The van der Waals surface area contributed by atoms with Crippen molar-refractivity contribution in [2.75, 3.05) is 6.73 Å². The van der Waals surface area contributed by atoms with Crippen LogP contribution in [-0.4, -0.2) is 35.9 Å². The first-order valence-electron chi connectivity index (χ1n) is 4.63. The Balaban J connectivity index is 2.86. The van der Waals surface area contributed by atoms with Crippen LogP contribution in [0.1, 0.15) is 13.8 Å². The van der Waals surface area contributed by atoms with E-state index in [1.54, 1.807) is 13.8 Å². The van der Waals surface area contributed by atoms with E-state index in [9.17, 15) is 9.90 Å². The van der Waals surface area contributed by atoms with Crippen LogP contribution < -0.4 is 5.73 Å². The highest BCUT2D eigenvalue weighted by Crippen LogP contribution is 2.47. The highest BCUT2D eigenvalue weighted by molar-refractivity contribution is 6.59. The molecule has 0 aromatic carbocycles. The Labute approximate surface area is 83.3 Å². The molecule has 0 bridgehead atoms. The summed E-state index contributed by atoms with van der Waals surface area (Å²) in [6, 6.07) is 0. The molecule has 1 heterocycles. The summed E-state index contributed by atoms with van der Waals surface area (Å²) in [4.78, 5) is 11.0. The van der Waals surface area contributed by atoms with Gasteiger partial charge in [0.15, 0.2) is 0 Å². The molecule has 5 nitrogen and oxygen atoms in total. The second kappa shape index (κ2) is 3.88. The summed E-state index contributed by atoms with van der Waals surface area (Å²) in [5.74, 6) is -1.63. The number of carboxylic acids is 1. The number of carboxylic acid groups (broad SMARTS) is 1. The highest BCUT2D eigenvalue weighted by Gasteiger charge is 2.55. The van der Waals surface area contributed by atoms with Crippen LogP contribution in [-0.2, 0) is 9.45 Å². The van der Waals surface area contributed by atoms with Crippen molar-refractivity contribution in [3.63, 3.8) is 0 Å². The molecule has 0 saturated carbocycles. The van der Waals surface area contributed by atoms with Crippen molar-refractivity contribution in [1.29, 1.82) is 0 Å². The summed E-state index contributed by atoms with van der Waals surface area (Å²) in [5, 5.41) is 18.7. The maximum Gasteiger partial charge on any atom is 0.312 e. The molecule has 80 valence electrons. The van der Waals surface area contributed by atoms with Gasteiger partial charge in [-0.3, -0.25) is 4.79 Å². The lowest BCUT2D eigenvalue weighted by atomic mass is 9.54. The van der Waals surface area contributed by atoms with Gasteiger partial charge in [-0.1, -0.05) is 13.8 Å².